The van der Waals surface area contributed by atoms with E-state index in [1.54, 1.807) is 101 Å². The molecular formula is C35H53NO11. The zero-order chi connectivity index (χ0) is 36.0. The SMILES string of the molecule is CC(C)(C)C(=O)OC[C@H]1O[C@@H](N[C@@H](C/C=C/C=O)c2ccco2)[C@H](OC(=O)C(C)(C)C)[C@@H](OC(=O)C(C)(C)C)[C@H]1OC(=O)C(C)(C)C. The molecule has 2 heterocycles. The monoisotopic (exact) mass is 663 g/mol. The summed E-state index contributed by atoms with van der Waals surface area (Å²) >= 11 is 0. The highest BCUT2D eigenvalue weighted by atomic mass is 16.7. The van der Waals surface area contributed by atoms with E-state index < -0.39 is 82.2 Å². The molecule has 0 aromatic carbocycles. The van der Waals surface area contributed by atoms with Gasteiger partial charge in [-0.1, -0.05) is 6.08 Å². The van der Waals surface area contributed by atoms with Crippen LogP contribution in [0, 0.1) is 21.7 Å². The third kappa shape index (κ3) is 11.6. The van der Waals surface area contributed by atoms with Crippen LogP contribution in [0.1, 0.15) is 101 Å². The van der Waals surface area contributed by atoms with Crippen molar-refractivity contribution < 1.29 is 52.1 Å². The molecule has 0 aliphatic carbocycles. The summed E-state index contributed by atoms with van der Waals surface area (Å²) in [6.45, 7) is 19.6. The van der Waals surface area contributed by atoms with Crippen molar-refractivity contribution in [1.29, 1.82) is 0 Å². The maximum atomic E-state index is 13.5. The van der Waals surface area contributed by atoms with E-state index in [1.807, 2.05) is 0 Å². The van der Waals surface area contributed by atoms with Crippen molar-refractivity contribution in [2.45, 2.75) is 126 Å². The Labute approximate surface area is 278 Å². The third-order valence-electron chi connectivity index (χ3n) is 7.03. The van der Waals surface area contributed by atoms with Gasteiger partial charge >= 0.3 is 23.9 Å². The number of hydrogen-bond donors (Lipinski definition) is 1. The molecule has 0 amide bonds. The molecule has 1 saturated heterocycles. The maximum Gasteiger partial charge on any atom is 0.311 e. The van der Waals surface area contributed by atoms with Crippen LogP contribution >= 0.6 is 0 Å². The first-order chi connectivity index (χ1) is 21.5. The maximum absolute atomic E-state index is 13.5. The molecule has 1 fully saturated rings. The van der Waals surface area contributed by atoms with Gasteiger partial charge in [0.1, 0.15) is 24.8 Å². The first-order valence-corrected chi connectivity index (χ1v) is 15.8. The molecule has 0 spiro atoms. The minimum absolute atomic E-state index is 0.255. The lowest BCUT2D eigenvalue weighted by Gasteiger charge is -2.47. The van der Waals surface area contributed by atoms with Gasteiger partial charge in [0.15, 0.2) is 24.5 Å². The number of carbonyl (C=O) groups is 5. The Morgan fingerprint density at radius 1 is 0.766 bits per heavy atom. The Bertz CT molecular complexity index is 1260. The lowest BCUT2D eigenvalue weighted by Crippen LogP contribution is -2.66. The van der Waals surface area contributed by atoms with Gasteiger partial charge in [-0.3, -0.25) is 29.3 Å². The first kappa shape index (κ1) is 39.7. The number of furan rings is 1. The Balaban J connectivity index is 2.76. The van der Waals surface area contributed by atoms with Crippen LogP contribution < -0.4 is 5.32 Å². The van der Waals surface area contributed by atoms with E-state index >= 15 is 0 Å². The van der Waals surface area contributed by atoms with E-state index in [0.29, 0.717) is 12.0 Å². The lowest BCUT2D eigenvalue weighted by atomic mass is 9.92. The smallest absolute Gasteiger partial charge is 0.311 e. The molecular weight excluding hydrogens is 610 g/mol. The topological polar surface area (TPSA) is 157 Å². The summed E-state index contributed by atoms with van der Waals surface area (Å²) < 4.78 is 35.9. The molecule has 12 heteroatoms. The zero-order valence-electron chi connectivity index (χ0n) is 29.8. The predicted octanol–water partition coefficient (Wildman–Crippen LogP) is 5.24. The van der Waals surface area contributed by atoms with Crippen LogP contribution in [0.2, 0.25) is 0 Å². The standard InChI is InChI=1S/C35H53NO11/c1-32(2,3)28(38)43-20-23-24(45-29(39)33(4,5)6)25(46-30(40)34(7,8)9)26(47-31(41)35(10,11)12)27(44-23)36-21(16-13-14-18-37)22-17-15-19-42-22/h13-15,17-19,21,23-27,36H,16,20H2,1-12H3/b14-13+/t21-,23+,24-,25-,26+,27+/m0/s1. The van der Waals surface area contributed by atoms with Crippen LogP contribution in [0.3, 0.4) is 0 Å². The molecule has 0 saturated carbocycles. The Kier molecular flexibility index (Phi) is 13.2. The highest BCUT2D eigenvalue weighted by Gasteiger charge is 2.55. The summed E-state index contributed by atoms with van der Waals surface area (Å²) in [5.74, 6) is -1.99. The van der Waals surface area contributed by atoms with Crippen LogP contribution in [0.4, 0.5) is 0 Å². The van der Waals surface area contributed by atoms with Gasteiger partial charge in [-0.15, -0.1) is 0 Å². The Morgan fingerprint density at radius 2 is 1.26 bits per heavy atom. The normalized spacial score (nSPS) is 23.1. The number of esters is 4. The van der Waals surface area contributed by atoms with E-state index in [1.165, 1.54) is 12.3 Å². The van der Waals surface area contributed by atoms with E-state index in [9.17, 15) is 24.0 Å². The number of carbonyl (C=O) groups excluding carboxylic acids is 5. The Hall–Kier alpha value is -3.51. The van der Waals surface area contributed by atoms with Gasteiger partial charge in [-0.25, -0.2) is 0 Å². The molecule has 12 nitrogen and oxygen atoms in total. The third-order valence-corrected chi connectivity index (χ3v) is 7.03. The fourth-order valence-electron chi connectivity index (χ4n) is 4.09. The van der Waals surface area contributed by atoms with Crippen molar-refractivity contribution >= 4 is 30.2 Å². The number of rotatable bonds is 11. The lowest BCUT2D eigenvalue weighted by molar-refractivity contribution is -0.266. The van der Waals surface area contributed by atoms with Crippen molar-refractivity contribution in [1.82, 2.24) is 5.32 Å². The van der Waals surface area contributed by atoms with Crippen LogP contribution in [-0.2, 0) is 47.7 Å². The van der Waals surface area contributed by atoms with Crippen molar-refractivity contribution in [3.63, 3.8) is 0 Å². The fraction of sp³-hybridized carbons (Fsp3) is 0.686. The summed E-state index contributed by atoms with van der Waals surface area (Å²) in [6.07, 6.45) is -1.15. The quantitative estimate of drug-likeness (QED) is 0.142. The van der Waals surface area contributed by atoms with Gasteiger partial charge in [-0.05, 0) is 108 Å². The van der Waals surface area contributed by atoms with Crippen LogP contribution in [0.15, 0.2) is 35.0 Å². The average Bonchev–Trinajstić information content (AvgIpc) is 3.47. The van der Waals surface area contributed by atoms with Gasteiger partial charge in [0.25, 0.3) is 0 Å². The molecule has 1 N–H and O–H groups in total. The molecule has 1 aliphatic heterocycles. The number of allylic oxidation sites excluding steroid dienone is 1. The van der Waals surface area contributed by atoms with E-state index in [2.05, 4.69) is 5.32 Å². The second-order valence-corrected chi connectivity index (χ2v) is 15.8. The van der Waals surface area contributed by atoms with E-state index in [-0.39, 0.29) is 13.0 Å². The molecule has 1 aromatic rings. The summed E-state index contributed by atoms with van der Waals surface area (Å²) in [6, 6.07) is 2.79. The number of ether oxygens (including phenoxy) is 5. The highest BCUT2D eigenvalue weighted by Crippen LogP contribution is 2.35. The van der Waals surface area contributed by atoms with Crippen molar-refractivity contribution in [3.05, 3.63) is 36.3 Å². The average molecular weight is 664 g/mol. The predicted molar refractivity (Wildman–Crippen MR) is 171 cm³/mol. The van der Waals surface area contributed by atoms with E-state index in [4.69, 9.17) is 28.1 Å². The summed E-state index contributed by atoms with van der Waals surface area (Å²) in [4.78, 5) is 64.2. The first-order valence-electron chi connectivity index (χ1n) is 15.8. The van der Waals surface area contributed by atoms with Crippen molar-refractivity contribution in [2.24, 2.45) is 21.7 Å². The summed E-state index contributed by atoms with van der Waals surface area (Å²) in [5.41, 5.74) is -3.81. The molecule has 0 bridgehead atoms. The molecule has 47 heavy (non-hydrogen) atoms. The largest absolute Gasteiger partial charge is 0.468 e. The van der Waals surface area contributed by atoms with Crippen LogP contribution in [0.5, 0.6) is 0 Å². The molecule has 264 valence electrons. The number of nitrogens with one attached hydrogen (secondary N) is 1. The summed E-state index contributed by atoms with van der Waals surface area (Å²) in [7, 11) is 0. The fourth-order valence-corrected chi connectivity index (χ4v) is 4.09. The minimum Gasteiger partial charge on any atom is -0.468 e. The molecule has 6 atom stereocenters. The molecule has 0 unspecified atom stereocenters. The molecule has 0 radical (unpaired) electrons. The van der Waals surface area contributed by atoms with Gasteiger partial charge in [0.05, 0.1) is 34.0 Å². The minimum atomic E-state index is -1.40. The van der Waals surface area contributed by atoms with Crippen LogP contribution in [-0.4, -0.2) is 67.4 Å². The zero-order valence-corrected chi connectivity index (χ0v) is 29.8. The Morgan fingerprint density at radius 3 is 1.70 bits per heavy atom. The van der Waals surface area contributed by atoms with Gasteiger partial charge in [0, 0.05) is 0 Å². The van der Waals surface area contributed by atoms with Gasteiger partial charge in [-0.2, -0.15) is 0 Å². The van der Waals surface area contributed by atoms with Crippen LogP contribution in [0.25, 0.3) is 0 Å². The van der Waals surface area contributed by atoms with E-state index in [0.717, 1.165) is 0 Å². The summed E-state index contributed by atoms with van der Waals surface area (Å²) in [5, 5.41) is 3.29. The molecule has 2 rings (SSSR count). The van der Waals surface area contributed by atoms with Crippen molar-refractivity contribution in [3.8, 4) is 0 Å². The van der Waals surface area contributed by atoms with Crippen molar-refractivity contribution in [2.75, 3.05) is 6.61 Å². The second kappa shape index (κ2) is 15.6. The van der Waals surface area contributed by atoms with Gasteiger partial charge in [0.2, 0.25) is 0 Å². The highest BCUT2D eigenvalue weighted by molar-refractivity contribution is 5.78. The molecule has 1 aliphatic rings. The number of aldehydes is 1. The van der Waals surface area contributed by atoms with Gasteiger partial charge < -0.3 is 28.1 Å². The second-order valence-electron chi connectivity index (χ2n) is 15.8. The molecule has 1 aromatic heterocycles. The number of hydrogen-bond acceptors (Lipinski definition) is 12.